The number of sulfonamides is 1. The van der Waals surface area contributed by atoms with Gasteiger partial charge in [-0.25, -0.2) is 18.5 Å². The zero-order valence-electron chi connectivity index (χ0n) is 19.3. The van der Waals surface area contributed by atoms with E-state index in [2.05, 4.69) is 27.2 Å². The number of carbonyl (C=O) groups is 1. The Balaban J connectivity index is 1.50. The van der Waals surface area contributed by atoms with Crippen LogP contribution >= 0.6 is 0 Å². The number of pyridine rings is 1. The van der Waals surface area contributed by atoms with Crippen LogP contribution in [0.25, 0.3) is 11.3 Å². The lowest BCUT2D eigenvalue weighted by molar-refractivity contribution is 0.102. The lowest BCUT2D eigenvalue weighted by Gasteiger charge is -2.14. The molecule has 4 rings (SSSR count). The van der Waals surface area contributed by atoms with Gasteiger partial charge in [0.1, 0.15) is 0 Å². The second-order valence-electron chi connectivity index (χ2n) is 8.40. The Morgan fingerprint density at radius 3 is 2.54 bits per heavy atom. The van der Waals surface area contributed by atoms with Crippen LogP contribution in [-0.4, -0.2) is 29.3 Å². The first kappa shape index (κ1) is 24.2. The van der Waals surface area contributed by atoms with Crippen molar-refractivity contribution in [1.82, 2.24) is 15.0 Å². The van der Waals surface area contributed by atoms with Gasteiger partial charge in [0.2, 0.25) is 10.0 Å². The molecular formula is C26H25N5O3S. The number of primary sulfonamides is 1. The highest BCUT2D eigenvalue weighted by Gasteiger charge is 2.13. The first-order valence-electron chi connectivity index (χ1n) is 11.0. The number of rotatable bonds is 7. The molecule has 9 heteroatoms. The van der Waals surface area contributed by atoms with Crippen LogP contribution in [0.3, 0.4) is 0 Å². The van der Waals surface area contributed by atoms with Crippen LogP contribution in [0.5, 0.6) is 0 Å². The topological polar surface area (TPSA) is 128 Å². The highest BCUT2D eigenvalue weighted by Crippen LogP contribution is 2.25. The predicted molar refractivity (Wildman–Crippen MR) is 134 cm³/mol. The molecule has 0 saturated carbocycles. The fraction of sp³-hybridized carbons (Fsp3) is 0.154. The summed E-state index contributed by atoms with van der Waals surface area (Å²) in [6.45, 7) is 3.96. The number of carbonyl (C=O) groups excluding carboxylic acids is 1. The van der Waals surface area contributed by atoms with E-state index in [4.69, 9.17) is 5.14 Å². The Morgan fingerprint density at radius 2 is 1.77 bits per heavy atom. The highest BCUT2D eigenvalue weighted by atomic mass is 32.2. The minimum absolute atomic E-state index is 0.0240. The minimum atomic E-state index is -3.81. The molecular weight excluding hydrogens is 462 g/mol. The lowest BCUT2D eigenvalue weighted by atomic mass is 9.96. The largest absolute Gasteiger partial charge is 0.322 e. The van der Waals surface area contributed by atoms with Crippen molar-refractivity contribution in [2.24, 2.45) is 5.14 Å². The summed E-state index contributed by atoms with van der Waals surface area (Å²) < 4.78 is 23.4. The number of amides is 1. The first-order valence-corrected chi connectivity index (χ1v) is 12.5. The van der Waals surface area contributed by atoms with E-state index in [1.165, 1.54) is 12.1 Å². The van der Waals surface area contributed by atoms with E-state index in [1.54, 1.807) is 43.0 Å². The summed E-state index contributed by atoms with van der Waals surface area (Å²) >= 11 is 0. The number of hydrogen-bond donors (Lipinski definition) is 2. The second-order valence-corrected chi connectivity index (χ2v) is 9.97. The summed E-state index contributed by atoms with van der Waals surface area (Å²) in [5, 5.41) is 8.18. The lowest BCUT2D eigenvalue weighted by Crippen LogP contribution is -2.13. The highest BCUT2D eigenvalue weighted by molar-refractivity contribution is 7.89. The summed E-state index contributed by atoms with van der Waals surface area (Å²) in [5.74, 6) is -0.126. The third kappa shape index (κ3) is 6.14. The number of hydrogen-bond acceptors (Lipinski definition) is 6. The Kier molecular flexibility index (Phi) is 6.99. The van der Waals surface area contributed by atoms with E-state index in [1.807, 2.05) is 31.2 Å². The quantitative estimate of drug-likeness (QED) is 0.404. The summed E-state index contributed by atoms with van der Waals surface area (Å²) in [6, 6.07) is 15.8. The molecule has 0 radical (unpaired) electrons. The van der Waals surface area contributed by atoms with Crippen molar-refractivity contribution in [3.63, 3.8) is 0 Å². The number of nitrogens with two attached hydrogens (primary N) is 1. The normalized spacial score (nSPS) is 12.2. The maximum Gasteiger partial charge on any atom is 0.257 e. The molecule has 3 N–H and O–H groups in total. The van der Waals surface area contributed by atoms with Gasteiger partial charge in [-0.2, -0.15) is 0 Å². The molecule has 0 spiro atoms. The molecule has 0 aliphatic heterocycles. The molecule has 35 heavy (non-hydrogen) atoms. The molecule has 1 atom stereocenters. The Bertz CT molecular complexity index is 1490. The monoisotopic (exact) mass is 487 g/mol. The maximum absolute atomic E-state index is 12.6. The zero-order valence-corrected chi connectivity index (χ0v) is 20.2. The summed E-state index contributed by atoms with van der Waals surface area (Å²) in [4.78, 5) is 25.6. The van der Waals surface area contributed by atoms with Crippen molar-refractivity contribution >= 4 is 21.6 Å². The van der Waals surface area contributed by atoms with Crippen LogP contribution < -0.4 is 10.5 Å². The number of aryl methyl sites for hydroxylation is 1. The van der Waals surface area contributed by atoms with Crippen molar-refractivity contribution in [3.05, 3.63) is 102 Å². The van der Waals surface area contributed by atoms with E-state index in [0.29, 0.717) is 28.9 Å². The number of nitrogens with zero attached hydrogens (tertiary/aromatic N) is 3. The van der Waals surface area contributed by atoms with Crippen LogP contribution in [0.2, 0.25) is 0 Å². The third-order valence-electron chi connectivity index (χ3n) is 5.51. The summed E-state index contributed by atoms with van der Waals surface area (Å²) in [7, 11) is -3.81. The second kappa shape index (κ2) is 10.1. The van der Waals surface area contributed by atoms with Crippen LogP contribution in [0.15, 0.2) is 84.3 Å². The van der Waals surface area contributed by atoms with Crippen molar-refractivity contribution in [3.8, 4) is 11.3 Å². The number of nitrogens with one attached hydrogen (secondary N) is 1. The van der Waals surface area contributed by atoms with Gasteiger partial charge < -0.3 is 5.32 Å². The molecule has 0 unspecified atom stereocenters. The van der Waals surface area contributed by atoms with Gasteiger partial charge in [-0.05, 0) is 60.7 Å². The molecule has 4 aromatic rings. The van der Waals surface area contributed by atoms with Gasteiger partial charge in [0.25, 0.3) is 5.91 Å². The van der Waals surface area contributed by atoms with Crippen molar-refractivity contribution in [1.29, 1.82) is 0 Å². The van der Waals surface area contributed by atoms with Crippen molar-refractivity contribution < 1.29 is 13.2 Å². The van der Waals surface area contributed by atoms with Gasteiger partial charge in [0.15, 0.2) is 0 Å². The molecule has 0 bridgehead atoms. The average molecular weight is 488 g/mol. The number of aromatic nitrogens is 3. The van der Waals surface area contributed by atoms with Crippen molar-refractivity contribution in [2.75, 3.05) is 5.32 Å². The number of benzene rings is 2. The van der Waals surface area contributed by atoms with Crippen LogP contribution in [0.4, 0.5) is 5.69 Å². The van der Waals surface area contributed by atoms with E-state index >= 15 is 0 Å². The molecule has 8 nitrogen and oxygen atoms in total. The molecule has 2 heterocycles. The smallest absolute Gasteiger partial charge is 0.257 e. The van der Waals surface area contributed by atoms with E-state index in [-0.39, 0.29) is 16.7 Å². The standard InChI is InChI=1S/C26H25N5O3S/c1-17-9-21(14-28-13-17)26(32)31-22-7-3-5-19(11-22)18(2)10-23-15-29-16-25(30-23)20-6-4-8-24(12-20)35(27,33)34/h3-9,11-16,18H,10H2,1-2H3,(H,31,32)(H2,27,33,34)/t18-/m1/s1. The predicted octanol–water partition coefficient (Wildman–Crippen LogP) is 4.09. The minimum Gasteiger partial charge on any atom is -0.322 e. The molecule has 2 aromatic carbocycles. The van der Waals surface area contributed by atoms with Gasteiger partial charge >= 0.3 is 0 Å². The first-order chi connectivity index (χ1) is 16.7. The Morgan fingerprint density at radius 1 is 1.00 bits per heavy atom. The molecule has 0 aliphatic rings. The van der Waals surface area contributed by atoms with Crippen LogP contribution in [-0.2, 0) is 16.4 Å². The van der Waals surface area contributed by atoms with Gasteiger partial charge in [-0.3, -0.25) is 14.8 Å². The SMILES string of the molecule is Cc1cncc(C(=O)Nc2cccc([C@H](C)Cc3cncc(-c4cccc(S(N)(=O)=O)c4)n3)c2)c1. The van der Waals surface area contributed by atoms with Gasteiger partial charge in [-0.1, -0.05) is 31.2 Å². The fourth-order valence-electron chi connectivity index (χ4n) is 3.71. The molecule has 2 aromatic heterocycles. The molecule has 0 aliphatic carbocycles. The van der Waals surface area contributed by atoms with Gasteiger partial charge in [0.05, 0.1) is 28.0 Å². The van der Waals surface area contributed by atoms with Crippen LogP contribution in [0.1, 0.15) is 40.0 Å². The van der Waals surface area contributed by atoms with Crippen LogP contribution in [0, 0.1) is 6.92 Å². The molecule has 1 amide bonds. The zero-order chi connectivity index (χ0) is 25.0. The molecule has 0 saturated heterocycles. The fourth-order valence-corrected chi connectivity index (χ4v) is 4.27. The summed E-state index contributed by atoms with van der Waals surface area (Å²) in [6.07, 6.45) is 7.13. The van der Waals surface area contributed by atoms with Gasteiger partial charge in [-0.15, -0.1) is 0 Å². The molecule has 178 valence electrons. The number of anilines is 1. The van der Waals surface area contributed by atoms with Crippen molar-refractivity contribution in [2.45, 2.75) is 31.1 Å². The average Bonchev–Trinajstić information content (AvgIpc) is 2.84. The Labute approximate surface area is 204 Å². The van der Waals surface area contributed by atoms with E-state index < -0.39 is 10.0 Å². The Hall–Kier alpha value is -3.95. The summed E-state index contributed by atoms with van der Waals surface area (Å²) in [5.41, 5.74) is 5.09. The van der Waals surface area contributed by atoms with Gasteiger partial charge in [0, 0.05) is 29.8 Å². The molecule has 0 fully saturated rings. The van der Waals surface area contributed by atoms with E-state index in [0.717, 1.165) is 16.8 Å². The third-order valence-corrected chi connectivity index (χ3v) is 6.42. The maximum atomic E-state index is 12.6. The van der Waals surface area contributed by atoms with E-state index in [9.17, 15) is 13.2 Å².